The molecule has 66 valence electrons. The maximum Gasteiger partial charge on any atom is 0.230 e. The van der Waals surface area contributed by atoms with Crippen molar-refractivity contribution in [3.63, 3.8) is 0 Å². The Bertz CT molecular complexity index is 231. The molecule has 0 aromatic carbocycles. The molecule has 1 unspecified atom stereocenters. The number of rotatable bonds is 4. The van der Waals surface area contributed by atoms with Gasteiger partial charge in [-0.25, -0.2) is 0 Å². The quantitative estimate of drug-likeness (QED) is 0.380. The van der Waals surface area contributed by atoms with Crippen LogP contribution < -0.4 is 5.32 Å². The fourth-order valence-corrected chi connectivity index (χ4v) is 0.714. The lowest BCUT2D eigenvalue weighted by Crippen LogP contribution is -2.31. The van der Waals surface area contributed by atoms with Gasteiger partial charge in [0.25, 0.3) is 0 Å². The molecule has 1 atom stereocenters. The van der Waals surface area contributed by atoms with Gasteiger partial charge in [-0.1, -0.05) is 19.2 Å². The highest BCUT2D eigenvalue weighted by Gasteiger charge is 2.20. The van der Waals surface area contributed by atoms with E-state index in [-0.39, 0.29) is 17.3 Å². The van der Waals surface area contributed by atoms with Crippen LogP contribution in [0.15, 0.2) is 24.8 Å². The largest absolute Gasteiger partial charge is 0.359 e. The molecule has 3 heteroatoms. The van der Waals surface area contributed by atoms with Crippen molar-refractivity contribution in [2.75, 3.05) is 7.05 Å². The normalized spacial score (nSPS) is 11.5. The first kappa shape index (κ1) is 10.6. The molecule has 0 aliphatic carbocycles. The third-order valence-corrected chi connectivity index (χ3v) is 1.60. The second-order valence-corrected chi connectivity index (χ2v) is 2.43. The van der Waals surface area contributed by atoms with Gasteiger partial charge in [0.1, 0.15) is 0 Å². The Labute approximate surface area is 72.2 Å². The van der Waals surface area contributed by atoms with Crippen molar-refractivity contribution in [3.8, 4) is 0 Å². The minimum atomic E-state index is -0.680. The van der Waals surface area contributed by atoms with E-state index in [1.807, 2.05) is 0 Å². The van der Waals surface area contributed by atoms with Gasteiger partial charge in [0.05, 0.1) is 5.92 Å². The molecule has 1 amide bonds. The Morgan fingerprint density at radius 2 is 2.00 bits per heavy atom. The van der Waals surface area contributed by atoms with Gasteiger partial charge in [-0.05, 0) is 6.92 Å². The van der Waals surface area contributed by atoms with E-state index in [2.05, 4.69) is 18.5 Å². The molecule has 1 N–H and O–H groups in total. The van der Waals surface area contributed by atoms with Crippen LogP contribution in [0.25, 0.3) is 0 Å². The minimum absolute atomic E-state index is 0.270. The molecule has 12 heavy (non-hydrogen) atoms. The number of nitrogens with one attached hydrogen (secondary N) is 1. The smallest absolute Gasteiger partial charge is 0.230 e. The summed E-state index contributed by atoms with van der Waals surface area (Å²) in [5.74, 6) is -1.27. The van der Waals surface area contributed by atoms with E-state index in [0.29, 0.717) is 0 Å². The summed E-state index contributed by atoms with van der Waals surface area (Å²) in [4.78, 5) is 22.2. The highest BCUT2D eigenvalue weighted by atomic mass is 16.2. The number of Topliss-reactive ketones (excluding diaryl/α,β-unsaturated/α-hetero) is 1. The average molecular weight is 167 g/mol. The molecule has 0 fully saturated rings. The predicted octanol–water partition coefficient (Wildman–Crippen LogP) is 0.680. The van der Waals surface area contributed by atoms with Gasteiger partial charge in [0.15, 0.2) is 5.78 Å². The second kappa shape index (κ2) is 4.49. The molecular weight excluding hydrogens is 154 g/mol. The Balaban J connectivity index is 4.39. The summed E-state index contributed by atoms with van der Waals surface area (Å²) >= 11 is 0. The average Bonchev–Trinajstić information content (AvgIpc) is 2.12. The van der Waals surface area contributed by atoms with Crippen LogP contribution in [0.1, 0.15) is 6.92 Å². The van der Waals surface area contributed by atoms with Crippen molar-refractivity contribution >= 4 is 11.7 Å². The second-order valence-electron chi connectivity index (χ2n) is 2.43. The molecule has 0 radical (unpaired) electrons. The molecule has 0 aliphatic rings. The molecule has 0 aromatic heterocycles. The third-order valence-electron chi connectivity index (χ3n) is 1.60. The molecule has 0 saturated heterocycles. The monoisotopic (exact) mass is 167 g/mol. The lowest BCUT2D eigenvalue weighted by Gasteiger charge is -2.07. The van der Waals surface area contributed by atoms with Crippen LogP contribution in [0.3, 0.4) is 0 Å². The van der Waals surface area contributed by atoms with Crippen LogP contribution in [0.2, 0.25) is 0 Å². The van der Waals surface area contributed by atoms with Gasteiger partial charge in [-0.2, -0.15) is 0 Å². The van der Waals surface area contributed by atoms with Gasteiger partial charge in [0, 0.05) is 12.6 Å². The number of hydrogen-bond acceptors (Lipinski definition) is 2. The van der Waals surface area contributed by atoms with Crippen molar-refractivity contribution in [1.82, 2.24) is 5.32 Å². The molecule has 0 rings (SSSR count). The minimum Gasteiger partial charge on any atom is -0.359 e. The van der Waals surface area contributed by atoms with Crippen LogP contribution in [-0.4, -0.2) is 18.7 Å². The summed E-state index contributed by atoms with van der Waals surface area (Å²) in [5, 5.41) is 2.39. The number of ketones is 1. The van der Waals surface area contributed by atoms with E-state index in [1.54, 1.807) is 0 Å². The SMILES string of the molecule is C=CC(=C)C(=O)C(C)C(=O)NC. The molecule has 3 nitrogen and oxygen atoms in total. The van der Waals surface area contributed by atoms with E-state index >= 15 is 0 Å². The summed E-state index contributed by atoms with van der Waals surface area (Å²) in [6.07, 6.45) is 1.35. The van der Waals surface area contributed by atoms with E-state index in [9.17, 15) is 9.59 Å². The van der Waals surface area contributed by atoms with E-state index in [1.165, 1.54) is 20.0 Å². The first-order valence-corrected chi connectivity index (χ1v) is 3.61. The summed E-state index contributed by atoms with van der Waals surface area (Å²) in [6.45, 7) is 8.40. The molecule has 0 heterocycles. The lowest BCUT2D eigenvalue weighted by atomic mass is 10.00. The van der Waals surface area contributed by atoms with Gasteiger partial charge in [-0.15, -0.1) is 0 Å². The van der Waals surface area contributed by atoms with Crippen molar-refractivity contribution < 1.29 is 9.59 Å². The maximum atomic E-state index is 11.2. The van der Waals surface area contributed by atoms with Crippen molar-refractivity contribution in [2.45, 2.75) is 6.92 Å². The summed E-state index contributed by atoms with van der Waals surface area (Å²) in [7, 11) is 1.49. The molecular formula is C9H13NO2. The molecule has 0 aliphatic heterocycles. The summed E-state index contributed by atoms with van der Waals surface area (Å²) in [5.41, 5.74) is 0.270. The van der Waals surface area contributed by atoms with Gasteiger partial charge >= 0.3 is 0 Å². The predicted molar refractivity (Wildman–Crippen MR) is 47.6 cm³/mol. The highest BCUT2D eigenvalue weighted by molar-refractivity contribution is 6.10. The Morgan fingerprint density at radius 3 is 2.33 bits per heavy atom. The van der Waals surface area contributed by atoms with Gasteiger partial charge < -0.3 is 5.32 Å². The number of hydrogen-bond donors (Lipinski definition) is 1. The van der Waals surface area contributed by atoms with E-state index in [4.69, 9.17) is 0 Å². The van der Waals surface area contributed by atoms with Crippen molar-refractivity contribution in [3.05, 3.63) is 24.8 Å². The number of allylic oxidation sites excluding steroid dienone is 2. The summed E-state index contributed by atoms with van der Waals surface area (Å²) in [6, 6.07) is 0. The van der Waals surface area contributed by atoms with Crippen LogP contribution in [-0.2, 0) is 9.59 Å². The number of carbonyl (C=O) groups excluding carboxylic acids is 2. The molecule has 0 bridgehead atoms. The molecule has 0 aromatic rings. The standard InChI is InChI=1S/C9H13NO2/c1-5-6(2)8(11)7(3)9(12)10-4/h5,7H,1-2H2,3-4H3,(H,10,12). The zero-order valence-corrected chi connectivity index (χ0v) is 7.39. The van der Waals surface area contributed by atoms with E-state index < -0.39 is 5.92 Å². The van der Waals surface area contributed by atoms with Crippen molar-refractivity contribution in [1.29, 1.82) is 0 Å². The zero-order valence-electron chi connectivity index (χ0n) is 7.39. The summed E-state index contributed by atoms with van der Waals surface area (Å²) < 4.78 is 0. The Kier molecular flexibility index (Phi) is 3.97. The van der Waals surface area contributed by atoms with E-state index in [0.717, 1.165) is 0 Å². The van der Waals surface area contributed by atoms with Crippen LogP contribution in [0, 0.1) is 5.92 Å². The maximum absolute atomic E-state index is 11.2. The fourth-order valence-electron chi connectivity index (χ4n) is 0.714. The fraction of sp³-hybridized carbons (Fsp3) is 0.333. The third kappa shape index (κ3) is 2.34. The Hall–Kier alpha value is -1.38. The van der Waals surface area contributed by atoms with Crippen LogP contribution in [0.4, 0.5) is 0 Å². The van der Waals surface area contributed by atoms with Gasteiger partial charge in [-0.3, -0.25) is 9.59 Å². The Morgan fingerprint density at radius 1 is 1.50 bits per heavy atom. The number of carbonyl (C=O) groups is 2. The molecule has 0 spiro atoms. The van der Waals surface area contributed by atoms with Gasteiger partial charge in [0.2, 0.25) is 5.91 Å². The van der Waals surface area contributed by atoms with Crippen LogP contribution in [0.5, 0.6) is 0 Å². The molecule has 0 saturated carbocycles. The number of amides is 1. The zero-order chi connectivity index (χ0) is 9.72. The van der Waals surface area contributed by atoms with Crippen molar-refractivity contribution in [2.24, 2.45) is 5.92 Å². The topological polar surface area (TPSA) is 46.2 Å². The lowest BCUT2D eigenvalue weighted by molar-refractivity contribution is -0.131. The first-order valence-electron chi connectivity index (χ1n) is 3.61. The van der Waals surface area contributed by atoms with Crippen LogP contribution >= 0.6 is 0 Å². The highest BCUT2D eigenvalue weighted by Crippen LogP contribution is 2.05. The first-order chi connectivity index (χ1) is 5.54.